The lowest BCUT2D eigenvalue weighted by Gasteiger charge is -2.07. The Bertz CT molecular complexity index is 919. The molecular formula is C18H14ClN3O4. The summed E-state index contributed by atoms with van der Waals surface area (Å²) in [4.78, 5) is 23.1. The van der Waals surface area contributed by atoms with Gasteiger partial charge in [0.15, 0.2) is 0 Å². The maximum atomic E-state index is 12.2. The van der Waals surface area contributed by atoms with Crippen molar-refractivity contribution < 1.29 is 19.4 Å². The second-order valence-corrected chi connectivity index (χ2v) is 5.41. The Balaban J connectivity index is 2.12. The van der Waals surface area contributed by atoms with Crippen molar-refractivity contribution in [2.45, 2.75) is 0 Å². The normalized spacial score (nSPS) is 10.6. The van der Waals surface area contributed by atoms with Gasteiger partial charge in [0.25, 0.3) is 5.91 Å². The maximum Gasteiger partial charge on any atom is 0.335 e. The van der Waals surface area contributed by atoms with Gasteiger partial charge < -0.3 is 20.5 Å². The van der Waals surface area contributed by atoms with Gasteiger partial charge >= 0.3 is 5.97 Å². The lowest BCUT2D eigenvalue weighted by molar-refractivity contribution is -0.112. The molecule has 0 saturated heterocycles. The van der Waals surface area contributed by atoms with Gasteiger partial charge in [-0.2, -0.15) is 5.26 Å². The van der Waals surface area contributed by atoms with Gasteiger partial charge in [0.05, 0.1) is 17.7 Å². The SMILES string of the molecule is COc1ccc(N/C=C(/C#N)C(=O)Nc2cccc(C(=O)O)c2)cc1Cl. The average molecular weight is 372 g/mol. The largest absolute Gasteiger partial charge is 0.495 e. The van der Waals surface area contributed by atoms with E-state index in [2.05, 4.69) is 10.6 Å². The second-order valence-electron chi connectivity index (χ2n) is 5.00. The van der Waals surface area contributed by atoms with E-state index >= 15 is 0 Å². The third-order valence-electron chi connectivity index (χ3n) is 3.27. The van der Waals surface area contributed by atoms with Crippen LogP contribution in [0, 0.1) is 11.3 Å². The van der Waals surface area contributed by atoms with E-state index in [1.54, 1.807) is 24.3 Å². The number of carboxylic acid groups (broad SMARTS) is 1. The van der Waals surface area contributed by atoms with Crippen molar-refractivity contribution in [3.05, 3.63) is 64.8 Å². The van der Waals surface area contributed by atoms with Crippen LogP contribution in [0.4, 0.5) is 11.4 Å². The molecule has 2 aromatic carbocycles. The van der Waals surface area contributed by atoms with Gasteiger partial charge in [-0.05, 0) is 36.4 Å². The number of anilines is 2. The number of amides is 1. The van der Waals surface area contributed by atoms with E-state index in [0.29, 0.717) is 16.5 Å². The number of nitriles is 1. The van der Waals surface area contributed by atoms with Crippen LogP contribution < -0.4 is 15.4 Å². The fourth-order valence-corrected chi connectivity index (χ4v) is 2.25. The van der Waals surface area contributed by atoms with Crippen LogP contribution in [0.3, 0.4) is 0 Å². The van der Waals surface area contributed by atoms with Gasteiger partial charge in [-0.15, -0.1) is 0 Å². The molecular weight excluding hydrogens is 358 g/mol. The van der Waals surface area contributed by atoms with Crippen molar-refractivity contribution in [3.63, 3.8) is 0 Å². The third kappa shape index (κ3) is 4.75. The van der Waals surface area contributed by atoms with Crippen LogP contribution in [0.2, 0.25) is 5.02 Å². The van der Waals surface area contributed by atoms with E-state index in [9.17, 15) is 14.9 Å². The molecule has 132 valence electrons. The zero-order valence-electron chi connectivity index (χ0n) is 13.6. The minimum atomic E-state index is -1.12. The molecule has 2 aromatic rings. The van der Waals surface area contributed by atoms with Crippen molar-refractivity contribution >= 4 is 34.9 Å². The smallest absolute Gasteiger partial charge is 0.335 e. The van der Waals surface area contributed by atoms with Gasteiger partial charge in [-0.1, -0.05) is 17.7 Å². The van der Waals surface area contributed by atoms with E-state index in [0.717, 1.165) is 0 Å². The quantitative estimate of drug-likeness (QED) is 0.529. The molecule has 3 N–H and O–H groups in total. The Labute approximate surface area is 154 Å². The lowest BCUT2D eigenvalue weighted by Crippen LogP contribution is -2.15. The number of benzene rings is 2. The molecule has 0 aromatic heterocycles. The summed E-state index contributed by atoms with van der Waals surface area (Å²) in [6.07, 6.45) is 1.23. The molecule has 1 amide bonds. The van der Waals surface area contributed by atoms with Crippen LogP contribution in [0.25, 0.3) is 0 Å². The first-order valence-corrected chi connectivity index (χ1v) is 7.67. The maximum absolute atomic E-state index is 12.2. The Kier molecular flexibility index (Phi) is 6.20. The topological polar surface area (TPSA) is 111 Å². The number of carbonyl (C=O) groups excluding carboxylic acids is 1. The molecule has 0 unspecified atom stereocenters. The molecule has 7 nitrogen and oxygen atoms in total. The number of carbonyl (C=O) groups is 2. The van der Waals surface area contributed by atoms with E-state index in [-0.39, 0.29) is 16.8 Å². The molecule has 0 bridgehead atoms. The van der Waals surface area contributed by atoms with Crippen LogP contribution in [-0.4, -0.2) is 24.1 Å². The number of nitrogens with one attached hydrogen (secondary N) is 2. The average Bonchev–Trinajstić information content (AvgIpc) is 2.62. The van der Waals surface area contributed by atoms with Gasteiger partial charge in [-0.3, -0.25) is 4.79 Å². The highest BCUT2D eigenvalue weighted by atomic mass is 35.5. The number of nitrogens with zero attached hydrogens (tertiary/aromatic N) is 1. The summed E-state index contributed by atoms with van der Waals surface area (Å²) in [6, 6.07) is 12.4. The zero-order valence-corrected chi connectivity index (χ0v) is 14.4. The molecule has 0 aliphatic heterocycles. The molecule has 0 radical (unpaired) electrons. The zero-order chi connectivity index (χ0) is 19.1. The first kappa shape index (κ1) is 18.8. The Morgan fingerprint density at radius 2 is 2.00 bits per heavy atom. The standard InChI is InChI=1S/C18H14ClN3O4/c1-26-16-6-5-13(8-15(16)19)21-10-12(9-20)17(23)22-14-4-2-3-11(7-14)18(24)25/h2-8,10,21H,1H3,(H,22,23)(H,24,25)/b12-10-. The fourth-order valence-electron chi connectivity index (χ4n) is 1.99. The van der Waals surface area contributed by atoms with Crippen LogP contribution in [-0.2, 0) is 4.79 Å². The molecule has 8 heteroatoms. The van der Waals surface area contributed by atoms with E-state index in [4.69, 9.17) is 21.4 Å². The summed E-state index contributed by atoms with van der Waals surface area (Å²) >= 11 is 6.01. The van der Waals surface area contributed by atoms with Crippen molar-refractivity contribution in [1.29, 1.82) is 5.26 Å². The van der Waals surface area contributed by atoms with E-state index < -0.39 is 11.9 Å². The number of methoxy groups -OCH3 is 1. The number of hydrogen-bond acceptors (Lipinski definition) is 5. The molecule has 0 saturated carbocycles. The number of halogens is 1. The van der Waals surface area contributed by atoms with Crippen molar-refractivity contribution in [3.8, 4) is 11.8 Å². The van der Waals surface area contributed by atoms with Crippen LogP contribution >= 0.6 is 11.6 Å². The number of rotatable bonds is 6. The summed E-state index contributed by atoms with van der Waals surface area (Å²) in [5, 5.41) is 23.8. The minimum Gasteiger partial charge on any atom is -0.495 e. The van der Waals surface area contributed by atoms with Crippen LogP contribution in [0.15, 0.2) is 54.2 Å². The summed E-state index contributed by atoms with van der Waals surface area (Å²) < 4.78 is 5.04. The molecule has 26 heavy (non-hydrogen) atoms. The third-order valence-corrected chi connectivity index (χ3v) is 3.56. The van der Waals surface area contributed by atoms with E-state index in [1.807, 2.05) is 0 Å². The Morgan fingerprint density at radius 3 is 2.62 bits per heavy atom. The second kappa shape index (κ2) is 8.55. The fraction of sp³-hybridized carbons (Fsp3) is 0.0556. The predicted octanol–water partition coefficient (Wildman–Crippen LogP) is 3.50. The Morgan fingerprint density at radius 1 is 1.23 bits per heavy atom. The number of carboxylic acids is 1. The molecule has 0 aliphatic carbocycles. The number of aromatic carboxylic acids is 1. The lowest BCUT2D eigenvalue weighted by atomic mass is 10.2. The highest BCUT2D eigenvalue weighted by Gasteiger charge is 2.11. The van der Waals surface area contributed by atoms with Crippen LogP contribution in [0.5, 0.6) is 5.75 Å². The van der Waals surface area contributed by atoms with E-state index in [1.165, 1.54) is 37.6 Å². The summed E-state index contributed by atoms with van der Waals surface area (Å²) in [5.41, 5.74) is 0.654. The molecule has 0 heterocycles. The number of hydrogen-bond donors (Lipinski definition) is 3. The molecule has 0 fully saturated rings. The monoisotopic (exact) mass is 371 g/mol. The Hall–Kier alpha value is -3.50. The predicted molar refractivity (Wildman–Crippen MR) is 97.4 cm³/mol. The van der Waals surface area contributed by atoms with Crippen molar-refractivity contribution in [1.82, 2.24) is 0 Å². The van der Waals surface area contributed by atoms with Crippen molar-refractivity contribution in [2.24, 2.45) is 0 Å². The first-order valence-electron chi connectivity index (χ1n) is 7.29. The summed E-state index contributed by atoms with van der Waals surface area (Å²) in [6.45, 7) is 0. The minimum absolute atomic E-state index is 0.0243. The van der Waals surface area contributed by atoms with Gasteiger partial charge in [0.2, 0.25) is 0 Å². The van der Waals surface area contributed by atoms with Gasteiger partial charge in [0.1, 0.15) is 17.4 Å². The summed E-state index contributed by atoms with van der Waals surface area (Å²) in [5.74, 6) is -1.30. The van der Waals surface area contributed by atoms with Crippen LogP contribution in [0.1, 0.15) is 10.4 Å². The molecule has 0 aliphatic rings. The van der Waals surface area contributed by atoms with Gasteiger partial charge in [-0.25, -0.2) is 4.79 Å². The summed E-state index contributed by atoms with van der Waals surface area (Å²) in [7, 11) is 1.49. The molecule has 0 atom stereocenters. The van der Waals surface area contributed by atoms with Crippen molar-refractivity contribution in [2.75, 3.05) is 17.7 Å². The molecule has 0 spiro atoms. The number of ether oxygens (including phenoxy) is 1. The van der Waals surface area contributed by atoms with Gasteiger partial charge in [0, 0.05) is 17.6 Å². The first-order chi connectivity index (χ1) is 12.4. The molecule has 2 rings (SSSR count). The highest BCUT2D eigenvalue weighted by Crippen LogP contribution is 2.27. The highest BCUT2D eigenvalue weighted by molar-refractivity contribution is 6.32.